The number of imidazole rings is 1. The van der Waals surface area contributed by atoms with E-state index >= 15 is 0 Å². The standard InChI is InChI=1S/C20H28N4O3/c1-12(2)6-8-24-11-20-7-5-14(27-20)16(17(20)19(24)26)18(25)23(4)10-15-21-9-13(3)22-15/h5,7,9,12,14,16-17H,6,8,10-11H2,1-4H3,(H,21,22)/t14-,16+,17-,20-/m0/s1. The zero-order chi connectivity index (χ0) is 19.3. The molecule has 3 aliphatic rings. The summed E-state index contributed by atoms with van der Waals surface area (Å²) < 4.78 is 6.18. The van der Waals surface area contributed by atoms with Crippen molar-refractivity contribution in [3.63, 3.8) is 0 Å². The van der Waals surface area contributed by atoms with Gasteiger partial charge in [-0.15, -0.1) is 0 Å². The van der Waals surface area contributed by atoms with Crippen LogP contribution < -0.4 is 0 Å². The summed E-state index contributed by atoms with van der Waals surface area (Å²) in [5, 5.41) is 0. The number of nitrogens with zero attached hydrogens (tertiary/aromatic N) is 3. The van der Waals surface area contributed by atoms with Crippen LogP contribution in [0.4, 0.5) is 0 Å². The van der Waals surface area contributed by atoms with E-state index in [9.17, 15) is 9.59 Å². The van der Waals surface area contributed by atoms with E-state index in [1.807, 2.05) is 24.0 Å². The first-order valence-corrected chi connectivity index (χ1v) is 9.72. The van der Waals surface area contributed by atoms with E-state index in [0.717, 1.165) is 24.5 Å². The molecule has 2 bridgehead atoms. The van der Waals surface area contributed by atoms with Gasteiger partial charge < -0.3 is 19.5 Å². The van der Waals surface area contributed by atoms with Crippen molar-refractivity contribution in [1.29, 1.82) is 0 Å². The van der Waals surface area contributed by atoms with Crippen LogP contribution in [-0.2, 0) is 20.9 Å². The van der Waals surface area contributed by atoms with Gasteiger partial charge in [0.05, 0.1) is 31.0 Å². The van der Waals surface area contributed by atoms with Gasteiger partial charge in [0.15, 0.2) is 0 Å². The maximum Gasteiger partial charge on any atom is 0.230 e. The molecule has 1 spiro atoms. The lowest BCUT2D eigenvalue weighted by Crippen LogP contribution is -2.44. The highest BCUT2D eigenvalue weighted by Gasteiger charge is 2.66. The Morgan fingerprint density at radius 2 is 2.30 bits per heavy atom. The molecule has 1 aromatic rings. The van der Waals surface area contributed by atoms with E-state index in [4.69, 9.17) is 4.74 Å². The van der Waals surface area contributed by atoms with Crippen molar-refractivity contribution in [1.82, 2.24) is 19.8 Å². The second-order valence-electron chi connectivity index (χ2n) is 8.55. The largest absolute Gasteiger partial charge is 0.360 e. The molecule has 3 aliphatic heterocycles. The SMILES string of the molecule is Cc1cnc(CN(C)C(=O)[C@@H]2[C@@H]3C=C[C@@]4(CN(CCC(C)C)C(=O)[C@H]24)O3)[nH]1. The van der Waals surface area contributed by atoms with E-state index in [1.165, 1.54) is 0 Å². The first-order chi connectivity index (χ1) is 12.8. The molecule has 0 aromatic carbocycles. The zero-order valence-electron chi connectivity index (χ0n) is 16.4. The number of aromatic amines is 1. The maximum absolute atomic E-state index is 13.2. The van der Waals surface area contributed by atoms with Crippen molar-refractivity contribution in [2.75, 3.05) is 20.1 Å². The number of carbonyl (C=O) groups excluding carboxylic acids is 2. The molecule has 0 aliphatic carbocycles. The van der Waals surface area contributed by atoms with E-state index in [0.29, 0.717) is 19.0 Å². The summed E-state index contributed by atoms with van der Waals surface area (Å²) in [6.07, 6.45) is 6.37. The van der Waals surface area contributed by atoms with Gasteiger partial charge in [-0.2, -0.15) is 0 Å². The first kappa shape index (κ1) is 18.2. The van der Waals surface area contributed by atoms with Gasteiger partial charge in [0.2, 0.25) is 11.8 Å². The molecular weight excluding hydrogens is 344 g/mol. The van der Waals surface area contributed by atoms with E-state index in [-0.39, 0.29) is 17.9 Å². The van der Waals surface area contributed by atoms with Crippen LogP contribution in [-0.4, -0.2) is 63.4 Å². The van der Waals surface area contributed by atoms with E-state index < -0.39 is 17.4 Å². The highest BCUT2D eigenvalue weighted by Crippen LogP contribution is 2.52. The summed E-state index contributed by atoms with van der Waals surface area (Å²) in [5.74, 6) is 0.422. The van der Waals surface area contributed by atoms with Crippen LogP contribution >= 0.6 is 0 Å². The third kappa shape index (κ3) is 2.98. The fourth-order valence-electron chi connectivity index (χ4n) is 4.57. The summed E-state index contributed by atoms with van der Waals surface area (Å²) in [5.41, 5.74) is 0.337. The number of hydrogen-bond acceptors (Lipinski definition) is 4. The second-order valence-corrected chi connectivity index (χ2v) is 8.55. The van der Waals surface area contributed by atoms with E-state index in [1.54, 1.807) is 18.1 Å². The Kier molecular flexibility index (Phi) is 4.37. The molecule has 146 valence electrons. The highest BCUT2D eigenvalue weighted by atomic mass is 16.5. The van der Waals surface area contributed by atoms with Crippen LogP contribution in [0, 0.1) is 24.7 Å². The molecular formula is C20H28N4O3. The number of rotatable bonds is 6. The topological polar surface area (TPSA) is 78.5 Å². The quantitative estimate of drug-likeness (QED) is 0.768. The number of H-pyrrole nitrogens is 1. The molecule has 4 heterocycles. The molecule has 2 saturated heterocycles. The molecule has 7 heteroatoms. The van der Waals surface area contributed by atoms with Gasteiger partial charge in [-0.25, -0.2) is 4.98 Å². The highest BCUT2D eigenvalue weighted by molar-refractivity contribution is 5.92. The molecule has 0 saturated carbocycles. The zero-order valence-corrected chi connectivity index (χ0v) is 16.4. The van der Waals surface area contributed by atoms with Gasteiger partial charge in [-0.3, -0.25) is 9.59 Å². The van der Waals surface area contributed by atoms with Crippen LogP contribution in [0.2, 0.25) is 0 Å². The Morgan fingerprint density at radius 1 is 1.52 bits per heavy atom. The molecule has 0 radical (unpaired) electrons. The minimum atomic E-state index is -0.624. The lowest BCUT2D eigenvalue weighted by molar-refractivity contribution is -0.142. The molecule has 4 atom stereocenters. The number of nitrogens with one attached hydrogen (secondary N) is 1. The average Bonchev–Trinajstić information content (AvgIpc) is 3.34. The normalized spacial score (nSPS) is 31.2. The van der Waals surface area contributed by atoms with Crippen LogP contribution in [0.25, 0.3) is 0 Å². The number of likely N-dealkylation sites (tertiary alicyclic amines) is 1. The monoisotopic (exact) mass is 372 g/mol. The Bertz CT molecular complexity index is 786. The minimum Gasteiger partial charge on any atom is -0.360 e. The summed E-state index contributed by atoms with van der Waals surface area (Å²) in [4.78, 5) is 37.3. The Labute approximate surface area is 159 Å². The van der Waals surface area contributed by atoms with Gasteiger partial charge in [0.1, 0.15) is 11.4 Å². The molecule has 2 amide bonds. The second kappa shape index (κ2) is 6.48. The van der Waals surface area contributed by atoms with Gasteiger partial charge >= 0.3 is 0 Å². The van der Waals surface area contributed by atoms with Crippen molar-refractivity contribution in [3.8, 4) is 0 Å². The number of amides is 2. The van der Waals surface area contributed by atoms with Crippen LogP contribution in [0.15, 0.2) is 18.3 Å². The lowest BCUT2D eigenvalue weighted by Gasteiger charge is -2.27. The van der Waals surface area contributed by atoms with Crippen molar-refractivity contribution in [2.24, 2.45) is 17.8 Å². The lowest BCUT2D eigenvalue weighted by atomic mass is 9.76. The number of carbonyl (C=O) groups is 2. The summed E-state index contributed by atoms with van der Waals surface area (Å²) in [7, 11) is 1.76. The van der Waals surface area contributed by atoms with Crippen molar-refractivity contribution in [3.05, 3.63) is 29.9 Å². The average molecular weight is 372 g/mol. The van der Waals surface area contributed by atoms with Crippen molar-refractivity contribution >= 4 is 11.8 Å². The number of ether oxygens (including phenoxy) is 1. The molecule has 2 fully saturated rings. The molecule has 27 heavy (non-hydrogen) atoms. The number of aromatic nitrogens is 2. The third-order valence-electron chi connectivity index (χ3n) is 5.96. The maximum atomic E-state index is 13.2. The predicted octanol–water partition coefficient (Wildman–Crippen LogP) is 1.50. The number of hydrogen-bond donors (Lipinski definition) is 1. The van der Waals surface area contributed by atoms with E-state index in [2.05, 4.69) is 23.8 Å². The van der Waals surface area contributed by atoms with Crippen molar-refractivity contribution < 1.29 is 14.3 Å². The molecule has 1 aromatic heterocycles. The van der Waals surface area contributed by atoms with Crippen LogP contribution in [0.5, 0.6) is 0 Å². The molecule has 7 nitrogen and oxygen atoms in total. The Balaban J connectivity index is 1.51. The summed E-state index contributed by atoms with van der Waals surface area (Å²) >= 11 is 0. The van der Waals surface area contributed by atoms with Crippen LogP contribution in [0.1, 0.15) is 31.8 Å². The fraction of sp³-hybridized carbons (Fsp3) is 0.650. The van der Waals surface area contributed by atoms with Crippen LogP contribution in [0.3, 0.4) is 0 Å². The molecule has 1 N–H and O–H groups in total. The number of aryl methyl sites for hydroxylation is 1. The third-order valence-corrected chi connectivity index (χ3v) is 5.96. The number of fused-ring (bicyclic) bond motifs is 1. The Hall–Kier alpha value is -2.15. The van der Waals surface area contributed by atoms with Gasteiger partial charge in [0, 0.05) is 25.5 Å². The first-order valence-electron chi connectivity index (χ1n) is 9.72. The predicted molar refractivity (Wildman–Crippen MR) is 99.6 cm³/mol. The van der Waals surface area contributed by atoms with Gasteiger partial charge in [0.25, 0.3) is 0 Å². The van der Waals surface area contributed by atoms with Gasteiger partial charge in [-0.05, 0) is 19.3 Å². The summed E-state index contributed by atoms with van der Waals surface area (Å²) in [6.45, 7) is 7.91. The fourth-order valence-corrected chi connectivity index (χ4v) is 4.57. The Morgan fingerprint density at radius 3 is 2.96 bits per heavy atom. The smallest absolute Gasteiger partial charge is 0.230 e. The van der Waals surface area contributed by atoms with Gasteiger partial charge in [-0.1, -0.05) is 26.0 Å². The van der Waals surface area contributed by atoms with Crippen molar-refractivity contribution in [2.45, 2.75) is 45.4 Å². The summed E-state index contributed by atoms with van der Waals surface area (Å²) in [6, 6.07) is 0. The molecule has 0 unspecified atom stereocenters. The molecule has 4 rings (SSSR count). The minimum absolute atomic E-state index is 0.0515.